The second kappa shape index (κ2) is 4.86. The zero-order chi connectivity index (χ0) is 13.2. The largest absolute Gasteiger partial charge is 0.394 e. The molecule has 0 fully saturated rings. The number of aromatic nitrogens is 4. The van der Waals surface area contributed by atoms with Crippen LogP contribution in [-0.4, -0.2) is 31.9 Å². The molecule has 0 amide bonds. The van der Waals surface area contributed by atoms with Crippen LogP contribution < -0.4 is 0 Å². The summed E-state index contributed by atoms with van der Waals surface area (Å²) < 4.78 is 0. The number of rotatable bonds is 3. The van der Waals surface area contributed by atoms with Crippen LogP contribution in [0.1, 0.15) is 26.3 Å². The molecule has 0 saturated heterocycles. The molecule has 96 valence electrons. The highest BCUT2D eigenvalue weighted by molar-refractivity contribution is 5.54. The van der Waals surface area contributed by atoms with Crippen molar-refractivity contribution in [2.75, 3.05) is 6.61 Å². The van der Waals surface area contributed by atoms with Gasteiger partial charge in [-0.05, 0) is 16.2 Å². The number of benzene rings is 1. The summed E-state index contributed by atoms with van der Waals surface area (Å²) >= 11 is 0. The topological polar surface area (TPSA) is 63.8 Å². The Morgan fingerprint density at radius 2 is 1.83 bits per heavy atom. The lowest BCUT2D eigenvalue weighted by Crippen LogP contribution is -2.10. The molecule has 0 bridgehead atoms. The number of tetrazole rings is 1. The summed E-state index contributed by atoms with van der Waals surface area (Å²) in [6.45, 7) is 6.92. The first-order valence-corrected chi connectivity index (χ1v) is 6.00. The average Bonchev–Trinajstić information content (AvgIpc) is 2.77. The Hall–Kier alpha value is -1.75. The Kier molecular flexibility index (Phi) is 3.43. The minimum Gasteiger partial charge on any atom is -0.394 e. The number of nitrogens with zero attached hydrogens (tertiary/aromatic N) is 4. The lowest BCUT2D eigenvalue weighted by atomic mass is 9.87. The van der Waals surface area contributed by atoms with Crippen molar-refractivity contribution in [1.82, 2.24) is 20.2 Å². The third-order valence-corrected chi connectivity index (χ3v) is 2.76. The molecule has 1 heterocycles. The smallest absolute Gasteiger partial charge is 0.204 e. The van der Waals surface area contributed by atoms with Crippen molar-refractivity contribution < 1.29 is 5.11 Å². The van der Waals surface area contributed by atoms with Crippen LogP contribution in [-0.2, 0) is 12.0 Å². The molecule has 0 saturated carbocycles. The molecule has 5 nitrogen and oxygen atoms in total. The number of hydrogen-bond donors (Lipinski definition) is 1. The zero-order valence-electron chi connectivity index (χ0n) is 11.0. The Bertz CT molecular complexity index is 511. The van der Waals surface area contributed by atoms with Gasteiger partial charge < -0.3 is 5.11 Å². The van der Waals surface area contributed by atoms with E-state index in [2.05, 4.69) is 48.3 Å². The minimum atomic E-state index is 0.0127. The van der Waals surface area contributed by atoms with Gasteiger partial charge in [-0.3, -0.25) is 0 Å². The molecule has 0 unspecified atom stereocenters. The summed E-state index contributed by atoms with van der Waals surface area (Å²) in [6, 6.07) is 8.17. The van der Waals surface area contributed by atoms with Crippen molar-refractivity contribution in [2.45, 2.75) is 32.7 Å². The van der Waals surface area contributed by atoms with Crippen LogP contribution in [0.25, 0.3) is 11.4 Å². The van der Waals surface area contributed by atoms with E-state index in [0.29, 0.717) is 12.4 Å². The van der Waals surface area contributed by atoms with Gasteiger partial charge in [-0.25, -0.2) is 0 Å². The molecule has 5 heteroatoms. The summed E-state index contributed by atoms with van der Waals surface area (Å²) in [5.41, 5.74) is 2.35. The summed E-state index contributed by atoms with van der Waals surface area (Å²) in [5, 5.41) is 20.8. The van der Waals surface area contributed by atoms with Gasteiger partial charge in [-0.2, -0.15) is 4.80 Å². The molecule has 0 radical (unpaired) electrons. The van der Waals surface area contributed by atoms with Crippen LogP contribution in [0.2, 0.25) is 0 Å². The number of aliphatic hydroxyl groups is 1. The van der Waals surface area contributed by atoms with E-state index >= 15 is 0 Å². The predicted molar refractivity (Wildman–Crippen MR) is 69.0 cm³/mol. The Morgan fingerprint density at radius 3 is 2.39 bits per heavy atom. The first kappa shape index (κ1) is 12.7. The molecular weight excluding hydrogens is 228 g/mol. The minimum absolute atomic E-state index is 0.0127. The monoisotopic (exact) mass is 246 g/mol. The summed E-state index contributed by atoms with van der Waals surface area (Å²) in [4.78, 5) is 1.40. The van der Waals surface area contributed by atoms with Crippen LogP contribution in [0, 0.1) is 0 Å². The Morgan fingerprint density at radius 1 is 1.17 bits per heavy atom. The van der Waals surface area contributed by atoms with E-state index in [0.717, 1.165) is 5.56 Å². The van der Waals surface area contributed by atoms with Gasteiger partial charge in [-0.15, -0.1) is 10.2 Å². The van der Waals surface area contributed by atoms with E-state index in [4.69, 9.17) is 5.11 Å². The maximum Gasteiger partial charge on any atom is 0.204 e. The third-order valence-electron chi connectivity index (χ3n) is 2.76. The molecule has 0 aliphatic rings. The molecule has 0 spiro atoms. The standard InChI is InChI=1S/C13H18N4O/c1-13(2,3)11-6-4-10(5-7-11)12-14-16-17(15-12)8-9-18/h4-7,18H,8-9H2,1-3H3. The molecule has 18 heavy (non-hydrogen) atoms. The van der Waals surface area contributed by atoms with E-state index in [9.17, 15) is 0 Å². The highest BCUT2D eigenvalue weighted by atomic mass is 16.3. The quantitative estimate of drug-likeness (QED) is 0.894. The van der Waals surface area contributed by atoms with Gasteiger partial charge in [0.2, 0.25) is 5.82 Å². The van der Waals surface area contributed by atoms with Gasteiger partial charge in [0.25, 0.3) is 0 Å². The molecule has 0 aliphatic heterocycles. The normalized spacial score (nSPS) is 11.8. The van der Waals surface area contributed by atoms with Gasteiger partial charge in [0.05, 0.1) is 13.2 Å². The van der Waals surface area contributed by atoms with Crippen LogP contribution in [0.3, 0.4) is 0 Å². The Labute approximate surface area is 106 Å². The van der Waals surface area contributed by atoms with Crippen molar-refractivity contribution in [3.05, 3.63) is 29.8 Å². The zero-order valence-corrected chi connectivity index (χ0v) is 11.0. The van der Waals surface area contributed by atoms with E-state index in [1.54, 1.807) is 0 Å². The summed E-state index contributed by atoms with van der Waals surface area (Å²) in [6.07, 6.45) is 0. The van der Waals surface area contributed by atoms with Gasteiger partial charge in [-0.1, -0.05) is 45.0 Å². The van der Waals surface area contributed by atoms with Crippen molar-refractivity contribution in [3.63, 3.8) is 0 Å². The molecule has 2 rings (SSSR count). The van der Waals surface area contributed by atoms with Gasteiger partial charge in [0, 0.05) is 5.56 Å². The van der Waals surface area contributed by atoms with Crippen molar-refractivity contribution >= 4 is 0 Å². The van der Waals surface area contributed by atoms with Crippen LogP contribution in [0.4, 0.5) is 0 Å². The highest BCUT2D eigenvalue weighted by Crippen LogP contribution is 2.24. The Balaban J connectivity index is 2.23. The fourth-order valence-corrected chi connectivity index (χ4v) is 1.66. The molecule has 2 aromatic rings. The first-order valence-electron chi connectivity index (χ1n) is 6.00. The van der Waals surface area contributed by atoms with Crippen LogP contribution in [0.5, 0.6) is 0 Å². The van der Waals surface area contributed by atoms with Crippen LogP contribution in [0.15, 0.2) is 24.3 Å². The second-order valence-electron chi connectivity index (χ2n) is 5.26. The molecule has 1 aromatic carbocycles. The number of aliphatic hydroxyl groups excluding tert-OH is 1. The third kappa shape index (κ3) is 2.73. The fraction of sp³-hybridized carbons (Fsp3) is 0.462. The molecule has 0 aliphatic carbocycles. The second-order valence-corrected chi connectivity index (χ2v) is 5.26. The lowest BCUT2D eigenvalue weighted by molar-refractivity contribution is 0.259. The molecule has 1 N–H and O–H groups in total. The van der Waals surface area contributed by atoms with E-state index in [1.807, 2.05) is 12.1 Å². The van der Waals surface area contributed by atoms with Crippen LogP contribution >= 0.6 is 0 Å². The summed E-state index contributed by atoms with van der Waals surface area (Å²) in [5.74, 6) is 0.587. The number of hydrogen-bond acceptors (Lipinski definition) is 4. The van der Waals surface area contributed by atoms with E-state index < -0.39 is 0 Å². The molecule has 1 aromatic heterocycles. The van der Waals surface area contributed by atoms with Gasteiger partial charge >= 0.3 is 0 Å². The maximum absolute atomic E-state index is 8.80. The first-order chi connectivity index (χ1) is 8.50. The average molecular weight is 246 g/mol. The van der Waals surface area contributed by atoms with Gasteiger partial charge in [0.1, 0.15) is 0 Å². The van der Waals surface area contributed by atoms with Crippen molar-refractivity contribution in [2.24, 2.45) is 0 Å². The fourth-order valence-electron chi connectivity index (χ4n) is 1.66. The van der Waals surface area contributed by atoms with E-state index in [1.165, 1.54) is 10.4 Å². The molecule has 0 atom stereocenters. The predicted octanol–water partition coefficient (Wildman–Crippen LogP) is 1.63. The van der Waals surface area contributed by atoms with E-state index in [-0.39, 0.29) is 12.0 Å². The SMILES string of the molecule is CC(C)(C)c1ccc(-c2nnn(CCO)n2)cc1. The molecular formula is C13H18N4O. The maximum atomic E-state index is 8.80. The van der Waals surface area contributed by atoms with Gasteiger partial charge in [0.15, 0.2) is 0 Å². The van der Waals surface area contributed by atoms with Crippen molar-refractivity contribution in [1.29, 1.82) is 0 Å². The highest BCUT2D eigenvalue weighted by Gasteiger charge is 2.14. The van der Waals surface area contributed by atoms with Crippen molar-refractivity contribution in [3.8, 4) is 11.4 Å². The lowest BCUT2D eigenvalue weighted by Gasteiger charge is -2.18. The summed E-state index contributed by atoms with van der Waals surface area (Å²) in [7, 11) is 0.